The average molecular weight is 303 g/mol. The lowest BCUT2D eigenvalue weighted by molar-refractivity contribution is 0.565. The molecule has 0 unspecified atom stereocenters. The van der Waals surface area contributed by atoms with Crippen molar-refractivity contribution in [2.45, 2.75) is 9.79 Å². The molecule has 0 saturated carbocycles. The predicted octanol–water partition coefficient (Wildman–Crippen LogP) is 5.47. The number of benzene rings is 3. The highest BCUT2D eigenvalue weighted by atomic mass is 32.2. The van der Waals surface area contributed by atoms with Gasteiger partial charge in [-0.05, 0) is 29.3 Å². The molecule has 0 amide bonds. The van der Waals surface area contributed by atoms with Crippen LogP contribution in [0, 0.1) is 0 Å². The number of hydrogen-bond acceptors (Lipinski definition) is 3. The minimum Gasteiger partial charge on any atom is -0.211 e. The summed E-state index contributed by atoms with van der Waals surface area (Å²) in [6, 6.07) is 26.0. The highest BCUT2D eigenvalue weighted by Crippen LogP contribution is 2.41. The van der Waals surface area contributed by atoms with Crippen molar-refractivity contribution in [2.24, 2.45) is 4.99 Å². The van der Waals surface area contributed by atoms with Crippen LogP contribution in [0.4, 0.5) is 5.69 Å². The first-order valence-electron chi connectivity index (χ1n) is 6.87. The molecule has 0 saturated heterocycles. The van der Waals surface area contributed by atoms with Crippen molar-refractivity contribution in [1.82, 2.24) is 0 Å². The van der Waals surface area contributed by atoms with E-state index in [1.54, 1.807) is 17.8 Å². The van der Waals surface area contributed by atoms with E-state index < -0.39 is 0 Å². The first kappa shape index (κ1) is 14.3. The Hall–Kier alpha value is -2.61. The van der Waals surface area contributed by atoms with Crippen molar-refractivity contribution in [1.29, 1.82) is 0 Å². The average Bonchev–Trinajstić information content (AvgIpc) is 2.58. The summed E-state index contributed by atoms with van der Waals surface area (Å²) >= 11 is 1.60. The Labute approximate surface area is 133 Å². The van der Waals surface area contributed by atoms with Crippen molar-refractivity contribution in [3.8, 4) is 11.1 Å². The number of carbonyl (C=O) groups excluding carboxylic acids is 1. The molecule has 0 fully saturated rings. The molecule has 0 bridgehead atoms. The normalized spacial score (nSPS) is 10.0. The molecule has 0 aromatic heterocycles. The quantitative estimate of drug-likeness (QED) is 0.472. The van der Waals surface area contributed by atoms with Gasteiger partial charge in [0.05, 0.1) is 5.69 Å². The van der Waals surface area contributed by atoms with E-state index in [1.807, 2.05) is 66.7 Å². The van der Waals surface area contributed by atoms with Crippen molar-refractivity contribution in [2.75, 3.05) is 0 Å². The van der Waals surface area contributed by atoms with Crippen LogP contribution >= 0.6 is 11.8 Å². The fourth-order valence-corrected chi connectivity index (χ4v) is 3.26. The zero-order valence-electron chi connectivity index (χ0n) is 11.8. The molecule has 0 N–H and O–H groups in total. The second-order valence-corrected chi connectivity index (χ2v) is 5.72. The summed E-state index contributed by atoms with van der Waals surface area (Å²) in [5.74, 6) is 0. The van der Waals surface area contributed by atoms with Gasteiger partial charge in [-0.15, -0.1) is 0 Å². The maximum atomic E-state index is 10.7. The Morgan fingerprint density at radius 2 is 1.45 bits per heavy atom. The minimum atomic E-state index is 0.644. The van der Waals surface area contributed by atoms with E-state index in [4.69, 9.17) is 0 Å². The molecule has 3 aromatic carbocycles. The van der Waals surface area contributed by atoms with Crippen LogP contribution < -0.4 is 0 Å². The molecule has 22 heavy (non-hydrogen) atoms. The summed E-state index contributed by atoms with van der Waals surface area (Å²) in [5, 5.41) is 0. The van der Waals surface area contributed by atoms with Crippen LogP contribution in [0.2, 0.25) is 0 Å². The largest absolute Gasteiger partial charge is 0.240 e. The van der Waals surface area contributed by atoms with E-state index in [0.717, 1.165) is 20.9 Å². The Morgan fingerprint density at radius 1 is 0.773 bits per heavy atom. The van der Waals surface area contributed by atoms with Gasteiger partial charge in [0, 0.05) is 9.79 Å². The summed E-state index contributed by atoms with van der Waals surface area (Å²) < 4.78 is 0. The van der Waals surface area contributed by atoms with Gasteiger partial charge in [0.2, 0.25) is 6.08 Å². The SMILES string of the molecule is O=C=Nc1cccc(-c2ccccc2)c1Sc1ccccc1. The zero-order chi connectivity index (χ0) is 15.2. The van der Waals surface area contributed by atoms with E-state index in [0.29, 0.717) is 5.69 Å². The van der Waals surface area contributed by atoms with Crippen LogP contribution in [0.15, 0.2) is 93.6 Å². The predicted molar refractivity (Wildman–Crippen MR) is 90.2 cm³/mol. The van der Waals surface area contributed by atoms with Gasteiger partial charge >= 0.3 is 0 Å². The van der Waals surface area contributed by atoms with Crippen LogP contribution in [-0.2, 0) is 4.79 Å². The molecule has 0 aliphatic carbocycles. The molecule has 0 heterocycles. The van der Waals surface area contributed by atoms with Gasteiger partial charge in [-0.1, -0.05) is 72.4 Å². The third kappa shape index (κ3) is 3.17. The summed E-state index contributed by atoms with van der Waals surface area (Å²) in [7, 11) is 0. The molecule has 3 aromatic rings. The zero-order valence-corrected chi connectivity index (χ0v) is 12.6. The van der Waals surface area contributed by atoms with Crippen LogP contribution in [0.3, 0.4) is 0 Å². The Kier molecular flexibility index (Phi) is 4.50. The van der Waals surface area contributed by atoms with Gasteiger partial charge in [-0.3, -0.25) is 0 Å². The smallest absolute Gasteiger partial charge is 0.211 e. The molecule has 106 valence electrons. The van der Waals surface area contributed by atoms with Crippen molar-refractivity contribution in [3.05, 3.63) is 78.9 Å². The topological polar surface area (TPSA) is 29.4 Å². The lowest BCUT2D eigenvalue weighted by atomic mass is 10.1. The summed E-state index contributed by atoms with van der Waals surface area (Å²) in [5.41, 5.74) is 2.81. The molecule has 0 aliphatic heterocycles. The van der Waals surface area contributed by atoms with E-state index in [1.165, 1.54) is 0 Å². The van der Waals surface area contributed by atoms with Crippen LogP contribution in [0.1, 0.15) is 0 Å². The number of aliphatic imine (C=N–C) groups is 1. The molecule has 0 atom stereocenters. The van der Waals surface area contributed by atoms with E-state index in [-0.39, 0.29) is 0 Å². The maximum Gasteiger partial charge on any atom is 0.240 e. The van der Waals surface area contributed by atoms with Gasteiger partial charge in [-0.2, -0.15) is 4.99 Å². The third-order valence-corrected chi connectivity index (χ3v) is 4.35. The first-order valence-corrected chi connectivity index (χ1v) is 7.69. The van der Waals surface area contributed by atoms with Gasteiger partial charge in [0.15, 0.2) is 0 Å². The highest BCUT2D eigenvalue weighted by Gasteiger charge is 2.11. The monoisotopic (exact) mass is 303 g/mol. The van der Waals surface area contributed by atoms with Gasteiger partial charge < -0.3 is 0 Å². The van der Waals surface area contributed by atoms with E-state index >= 15 is 0 Å². The van der Waals surface area contributed by atoms with E-state index in [9.17, 15) is 4.79 Å². The summed E-state index contributed by atoms with van der Waals surface area (Å²) in [6.45, 7) is 0. The number of hydrogen-bond donors (Lipinski definition) is 0. The second-order valence-electron chi connectivity index (χ2n) is 4.64. The van der Waals surface area contributed by atoms with Crippen molar-refractivity contribution in [3.63, 3.8) is 0 Å². The summed E-state index contributed by atoms with van der Waals surface area (Å²) in [6.07, 6.45) is 1.65. The fourth-order valence-electron chi connectivity index (χ4n) is 2.22. The van der Waals surface area contributed by atoms with Crippen LogP contribution in [-0.4, -0.2) is 6.08 Å². The first-order chi connectivity index (χ1) is 10.9. The molecule has 3 heteroatoms. The molecular formula is C19H13NOS. The van der Waals surface area contributed by atoms with Crippen LogP contribution in [0.5, 0.6) is 0 Å². The third-order valence-electron chi connectivity index (χ3n) is 3.21. The van der Waals surface area contributed by atoms with Crippen molar-refractivity contribution < 1.29 is 4.79 Å². The number of isocyanates is 1. The summed E-state index contributed by atoms with van der Waals surface area (Å²) in [4.78, 5) is 16.7. The Balaban J connectivity index is 2.14. The van der Waals surface area contributed by atoms with Gasteiger partial charge in [-0.25, -0.2) is 4.79 Å². The van der Waals surface area contributed by atoms with Gasteiger partial charge in [0.25, 0.3) is 0 Å². The molecule has 0 spiro atoms. The molecule has 2 nitrogen and oxygen atoms in total. The van der Waals surface area contributed by atoms with Crippen molar-refractivity contribution >= 4 is 23.5 Å². The lowest BCUT2D eigenvalue weighted by Gasteiger charge is -2.11. The number of nitrogens with zero attached hydrogens (tertiary/aromatic N) is 1. The maximum absolute atomic E-state index is 10.7. The molecule has 0 aliphatic rings. The minimum absolute atomic E-state index is 0.644. The lowest BCUT2D eigenvalue weighted by Crippen LogP contribution is -1.84. The standard InChI is InChI=1S/C19H13NOS/c21-14-20-18-13-7-12-17(15-8-3-1-4-9-15)19(18)22-16-10-5-2-6-11-16/h1-13H. The Morgan fingerprint density at radius 3 is 2.14 bits per heavy atom. The van der Waals surface area contributed by atoms with Crippen LogP contribution in [0.25, 0.3) is 11.1 Å². The molecule has 0 radical (unpaired) electrons. The van der Waals surface area contributed by atoms with Gasteiger partial charge in [0.1, 0.15) is 0 Å². The molecule has 3 rings (SSSR count). The van der Waals surface area contributed by atoms with E-state index in [2.05, 4.69) is 17.1 Å². The number of rotatable bonds is 4. The Bertz CT molecular complexity index is 809. The second kappa shape index (κ2) is 6.90. The fraction of sp³-hybridized carbons (Fsp3) is 0. The highest BCUT2D eigenvalue weighted by molar-refractivity contribution is 7.99. The molecular weight excluding hydrogens is 290 g/mol.